The molecule has 0 saturated carbocycles. The third kappa shape index (κ3) is 4.96. The number of aliphatic hydroxyl groups is 1. The number of anilines is 1. The van der Waals surface area contributed by atoms with Crippen molar-refractivity contribution in [3.05, 3.63) is 24.1 Å². The molecule has 126 valence electrons. The molecule has 0 aliphatic heterocycles. The fourth-order valence-electron chi connectivity index (χ4n) is 2.57. The van der Waals surface area contributed by atoms with E-state index in [9.17, 15) is 9.90 Å². The molecule has 2 aromatic rings. The summed E-state index contributed by atoms with van der Waals surface area (Å²) in [6.45, 7) is 8.23. The molecule has 0 aliphatic rings. The molecule has 23 heavy (non-hydrogen) atoms. The Labute approximate surface area is 136 Å². The van der Waals surface area contributed by atoms with E-state index in [1.807, 2.05) is 20.8 Å². The maximum absolute atomic E-state index is 12.0. The van der Waals surface area contributed by atoms with Crippen molar-refractivity contribution in [3.8, 4) is 0 Å². The van der Waals surface area contributed by atoms with Gasteiger partial charge in [0.15, 0.2) is 11.5 Å². The number of aliphatic hydroxyl groups excluding tert-OH is 1. The van der Waals surface area contributed by atoms with Crippen molar-refractivity contribution in [3.63, 3.8) is 0 Å². The first-order valence-corrected chi connectivity index (χ1v) is 7.91. The molecule has 2 amide bonds. The van der Waals surface area contributed by atoms with Crippen molar-refractivity contribution in [1.82, 2.24) is 10.3 Å². The molecule has 0 radical (unpaired) electrons. The molecule has 0 fully saturated rings. The summed E-state index contributed by atoms with van der Waals surface area (Å²) in [5, 5.41) is 15.1. The first-order valence-electron chi connectivity index (χ1n) is 7.91. The number of fused-ring (bicyclic) bond motifs is 1. The van der Waals surface area contributed by atoms with Crippen LogP contribution in [-0.4, -0.2) is 28.8 Å². The van der Waals surface area contributed by atoms with Gasteiger partial charge in [-0.2, -0.15) is 0 Å². The number of hydrogen-bond acceptors (Lipinski definition) is 4. The van der Waals surface area contributed by atoms with E-state index in [2.05, 4.69) is 15.6 Å². The molecule has 1 atom stereocenters. The van der Waals surface area contributed by atoms with Gasteiger partial charge in [-0.3, -0.25) is 0 Å². The van der Waals surface area contributed by atoms with Crippen LogP contribution in [0.25, 0.3) is 11.1 Å². The average molecular weight is 319 g/mol. The van der Waals surface area contributed by atoms with Crippen LogP contribution in [-0.2, 0) is 6.42 Å². The summed E-state index contributed by atoms with van der Waals surface area (Å²) in [5.74, 6) is 0.682. The van der Waals surface area contributed by atoms with Crippen molar-refractivity contribution >= 4 is 22.8 Å². The van der Waals surface area contributed by atoms with Gasteiger partial charge in [0.25, 0.3) is 0 Å². The fourth-order valence-corrected chi connectivity index (χ4v) is 2.57. The van der Waals surface area contributed by atoms with Gasteiger partial charge in [-0.15, -0.1) is 0 Å². The highest BCUT2D eigenvalue weighted by atomic mass is 16.3. The van der Waals surface area contributed by atoms with Crippen LogP contribution in [0.2, 0.25) is 0 Å². The number of rotatable bonds is 6. The van der Waals surface area contributed by atoms with Gasteiger partial charge in [0.05, 0.1) is 6.10 Å². The quantitative estimate of drug-likeness (QED) is 0.762. The summed E-state index contributed by atoms with van der Waals surface area (Å²) >= 11 is 0. The summed E-state index contributed by atoms with van der Waals surface area (Å²) in [5.41, 5.74) is 1.94. The summed E-state index contributed by atoms with van der Waals surface area (Å²) < 4.78 is 5.54. The van der Waals surface area contributed by atoms with E-state index in [0.29, 0.717) is 30.1 Å². The molecule has 2 rings (SSSR count). The Hall–Kier alpha value is -2.08. The summed E-state index contributed by atoms with van der Waals surface area (Å²) in [4.78, 5) is 16.4. The van der Waals surface area contributed by atoms with E-state index in [-0.39, 0.29) is 11.4 Å². The van der Waals surface area contributed by atoms with Crippen LogP contribution in [0.1, 0.15) is 40.0 Å². The normalized spacial score (nSPS) is 13.1. The van der Waals surface area contributed by atoms with Crippen LogP contribution in [0.4, 0.5) is 10.5 Å². The molecule has 0 spiro atoms. The van der Waals surface area contributed by atoms with E-state index in [0.717, 1.165) is 11.9 Å². The second kappa shape index (κ2) is 7.00. The summed E-state index contributed by atoms with van der Waals surface area (Å²) in [6.07, 6.45) is 0.964. The number of nitrogens with zero attached hydrogens (tertiary/aromatic N) is 1. The predicted molar refractivity (Wildman–Crippen MR) is 90.5 cm³/mol. The number of nitrogens with one attached hydrogen (secondary N) is 2. The monoisotopic (exact) mass is 319 g/mol. The van der Waals surface area contributed by atoms with Gasteiger partial charge in [-0.25, -0.2) is 9.78 Å². The number of amides is 2. The first-order chi connectivity index (χ1) is 10.8. The number of hydrogen-bond donors (Lipinski definition) is 3. The Kier molecular flexibility index (Phi) is 5.26. The molecule has 1 aromatic carbocycles. The Morgan fingerprint density at radius 3 is 2.83 bits per heavy atom. The number of oxazole rings is 1. The maximum atomic E-state index is 12.0. The smallest absolute Gasteiger partial charge is 0.319 e. The second-order valence-electron chi connectivity index (χ2n) is 6.67. The molecule has 1 unspecified atom stereocenters. The number of aromatic nitrogens is 1. The van der Waals surface area contributed by atoms with Gasteiger partial charge in [-0.1, -0.05) is 20.8 Å². The Bertz CT molecular complexity index is 677. The van der Waals surface area contributed by atoms with E-state index >= 15 is 0 Å². The number of aryl methyl sites for hydroxylation is 1. The third-order valence-electron chi connectivity index (χ3n) is 3.57. The molecule has 1 heterocycles. The number of benzene rings is 1. The van der Waals surface area contributed by atoms with E-state index in [1.54, 1.807) is 25.1 Å². The molecule has 0 bridgehead atoms. The molecular formula is C17H25N3O3. The highest BCUT2D eigenvalue weighted by molar-refractivity contribution is 5.91. The molecule has 0 saturated heterocycles. The topological polar surface area (TPSA) is 87.4 Å². The lowest BCUT2D eigenvalue weighted by Gasteiger charge is -2.26. The molecule has 6 nitrogen and oxygen atoms in total. The molecule has 3 N–H and O–H groups in total. The summed E-state index contributed by atoms with van der Waals surface area (Å²) in [7, 11) is 0. The largest absolute Gasteiger partial charge is 0.441 e. The van der Waals surface area contributed by atoms with Gasteiger partial charge in [0.1, 0.15) is 5.52 Å². The van der Waals surface area contributed by atoms with Crippen molar-refractivity contribution < 1.29 is 14.3 Å². The highest BCUT2D eigenvalue weighted by Gasteiger charge is 2.21. The van der Waals surface area contributed by atoms with Gasteiger partial charge in [-0.05, 0) is 37.0 Å². The molecule has 6 heteroatoms. The van der Waals surface area contributed by atoms with Crippen LogP contribution in [0.5, 0.6) is 0 Å². The zero-order valence-electron chi connectivity index (χ0n) is 14.1. The van der Waals surface area contributed by atoms with E-state index in [1.165, 1.54) is 0 Å². The molecule has 1 aromatic heterocycles. The first kappa shape index (κ1) is 17.3. The van der Waals surface area contributed by atoms with Crippen molar-refractivity contribution in [2.24, 2.45) is 5.41 Å². The average Bonchev–Trinajstić information content (AvgIpc) is 2.86. The van der Waals surface area contributed by atoms with Crippen LogP contribution in [0, 0.1) is 5.41 Å². The van der Waals surface area contributed by atoms with Crippen LogP contribution >= 0.6 is 0 Å². The highest BCUT2D eigenvalue weighted by Crippen LogP contribution is 2.22. The minimum Gasteiger partial charge on any atom is -0.441 e. The van der Waals surface area contributed by atoms with Crippen LogP contribution in [0.3, 0.4) is 0 Å². The Morgan fingerprint density at radius 1 is 1.43 bits per heavy atom. The number of carbonyl (C=O) groups is 1. The lowest BCUT2D eigenvalue weighted by molar-refractivity contribution is 0.129. The SMILES string of the molecule is CCc1nc2cc(NC(=O)NCC(C)(C)CC(C)O)ccc2o1. The van der Waals surface area contributed by atoms with Crippen molar-refractivity contribution in [1.29, 1.82) is 0 Å². The van der Waals surface area contributed by atoms with Gasteiger partial charge < -0.3 is 20.2 Å². The molecular weight excluding hydrogens is 294 g/mol. The standard InChI is InChI=1S/C17H25N3O3/c1-5-15-20-13-8-12(6-7-14(13)23-15)19-16(22)18-10-17(3,4)9-11(2)21/h6-8,11,21H,5,9-10H2,1-4H3,(H2,18,19,22). The van der Waals surface area contributed by atoms with Crippen LogP contribution < -0.4 is 10.6 Å². The lowest BCUT2D eigenvalue weighted by Crippen LogP contribution is -2.38. The Balaban J connectivity index is 1.94. The van der Waals surface area contributed by atoms with Crippen molar-refractivity contribution in [2.75, 3.05) is 11.9 Å². The van der Waals surface area contributed by atoms with E-state index in [4.69, 9.17) is 4.42 Å². The maximum Gasteiger partial charge on any atom is 0.319 e. The van der Waals surface area contributed by atoms with Crippen molar-refractivity contribution in [2.45, 2.75) is 46.6 Å². The number of urea groups is 1. The zero-order chi connectivity index (χ0) is 17.0. The zero-order valence-corrected chi connectivity index (χ0v) is 14.1. The van der Waals surface area contributed by atoms with Gasteiger partial charge >= 0.3 is 6.03 Å². The minimum absolute atomic E-state index is 0.169. The third-order valence-corrected chi connectivity index (χ3v) is 3.57. The minimum atomic E-state index is -0.391. The fraction of sp³-hybridized carbons (Fsp3) is 0.529. The number of carbonyl (C=O) groups excluding carboxylic acids is 1. The van der Waals surface area contributed by atoms with Crippen LogP contribution in [0.15, 0.2) is 22.6 Å². The predicted octanol–water partition coefficient (Wildman–Crippen LogP) is 3.31. The Morgan fingerprint density at radius 2 is 2.17 bits per heavy atom. The second-order valence-corrected chi connectivity index (χ2v) is 6.67. The summed E-state index contributed by atoms with van der Waals surface area (Å²) in [6, 6.07) is 5.10. The lowest BCUT2D eigenvalue weighted by atomic mass is 9.87. The van der Waals surface area contributed by atoms with E-state index < -0.39 is 6.10 Å². The van der Waals surface area contributed by atoms with Gasteiger partial charge in [0, 0.05) is 18.7 Å². The van der Waals surface area contributed by atoms with Gasteiger partial charge in [0.2, 0.25) is 0 Å². The molecule has 0 aliphatic carbocycles.